The molecule has 2 aromatic rings. The van der Waals surface area contributed by atoms with E-state index in [9.17, 15) is 22.0 Å². The zero-order valence-electron chi connectivity index (χ0n) is 14.2. The summed E-state index contributed by atoms with van der Waals surface area (Å²) in [5.74, 6) is -1.45. The number of sulfone groups is 1. The Morgan fingerprint density at radius 2 is 2.04 bits per heavy atom. The van der Waals surface area contributed by atoms with Crippen molar-refractivity contribution in [1.82, 2.24) is 20.2 Å². The number of hydrogen-bond acceptors (Lipinski definition) is 7. The number of hydrogen-bond donors (Lipinski definition) is 1. The summed E-state index contributed by atoms with van der Waals surface area (Å²) in [4.78, 5) is 12.1. The molecule has 0 spiro atoms. The Kier molecular flexibility index (Phi) is 5.85. The second kappa shape index (κ2) is 7.72. The average molecular weight is 389 g/mol. The zero-order valence-corrected chi connectivity index (χ0v) is 15.0. The third-order valence-corrected chi connectivity index (χ3v) is 5.47. The highest BCUT2D eigenvalue weighted by Gasteiger charge is 2.26. The highest BCUT2D eigenvalue weighted by atomic mass is 32.2. The molecule has 12 heteroatoms. The lowest BCUT2D eigenvalue weighted by molar-refractivity contribution is -0.0517. The van der Waals surface area contributed by atoms with Crippen molar-refractivity contribution in [1.29, 1.82) is 0 Å². The first kappa shape index (κ1) is 19.7. The molecule has 0 bridgehead atoms. The fourth-order valence-corrected chi connectivity index (χ4v) is 3.60. The van der Waals surface area contributed by atoms with Crippen LogP contribution in [0.15, 0.2) is 17.0 Å². The summed E-state index contributed by atoms with van der Waals surface area (Å²) >= 11 is 0. The minimum absolute atomic E-state index is 0.00183. The van der Waals surface area contributed by atoms with Crippen LogP contribution in [-0.2, 0) is 16.4 Å². The predicted molar refractivity (Wildman–Crippen MR) is 87.0 cm³/mol. The Hall–Kier alpha value is -2.63. The summed E-state index contributed by atoms with van der Waals surface area (Å²) in [7, 11) is -3.92. The first-order valence-electron chi connectivity index (χ1n) is 7.59. The number of carbonyl (C=O) groups is 1. The number of benzene rings is 1. The standard InChI is InChI=1S/C14H17F2N5O4S/c1-4-21-14(18-19-20-21)17-12(22)9-6-7-10(25-13(15)16)11(8(9)3)26(23,24)5-2/h6-7,13H,4-5H2,1-3H3,(H,17,18,20,22). The SMILES string of the molecule is CCn1nnnc1NC(=O)c1ccc(OC(F)F)c(S(=O)(=O)CC)c1C. The van der Waals surface area contributed by atoms with Gasteiger partial charge in [0.1, 0.15) is 10.6 Å². The number of nitrogens with zero attached hydrogens (tertiary/aromatic N) is 4. The third kappa shape index (κ3) is 3.95. The van der Waals surface area contributed by atoms with Gasteiger partial charge in [0.2, 0.25) is 5.95 Å². The molecule has 1 heterocycles. The first-order chi connectivity index (χ1) is 12.2. The molecule has 1 N–H and O–H groups in total. The zero-order chi connectivity index (χ0) is 19.5. The van der Waals surface area contributed by atoms with Gasteiger partial charge in [0.15, 0.2) is 9.84 Å². The van der Waals surface area contributed by atoms with Crippen molar-refractivity contribution in [2.24, 2.45) is 0 Å². The van der Waals surface area contributed by atoms with E-state index in [0.717, 1.165) is 6.07 Å². The Labute approximate surface area is 148 Å². The Morgan fingerprint density at radius 3 is 2.62 bits per heavy atom. The Morgan fingerprint density at radius 1 is 1.35 bits per heavy atom. The maximum atomic E-state index is 12.6. The van der Waals surface area contributed by atoms with Gasteiger partial charge in [-0.15, -0.1) is 0 Å². The van der Waals surface area contributed by atoms with Gasteiger partial charge in [0.25, 0.3) is 5.91 Å². The van der Waals surface area contributed by atoms with E-state index in [0.29, 0.717) is 6.54 Å². The molecule has 0 saturated heterocycles. The van der Waals surface area contributed by atoms with E-state index in [-0.39, 0.29) is 22.8 Å². The van der Waals surface area contributed by atoms with Crippen LogP contribution in [0.3, 0.4) is 0 Å². The molecule has 1 aromatic carbocycles. The van der Waals surface area contributed by atoms with Crippen molar-refractivity contribution in [3.05, 3.63) is 23.3 Å². The van der Waals surface area contributed by atoms with E-state index in [1.165, 1.54) is 24.6 Å². The molecule has 0 fully saturated rings. The molecule has 0 aliphatic heterocycles. The van der Waals surface area contributed by atoms with Gasteiger partial charge in [-0.3, -0.25) is 10.1 Å². The summed E-state index contributed by atoms with van der Waals surface area (Å²) in [5, 5.41) is 13.2. The quantitative estimate of drug-likeness (QED) is 0.765. The van der Waals surface area contributed by atoms with E-state index in [4.69, 9.17) is 0 Å². The average Bonchev–Trinajstić information content (AvgIpc) is 3.01. The molecule has 0 saturated carbocycles. The van der Waals surface area contributed by atoms with Crippen LogP contribution < -0.4 is 10.1 Å². The van der Waals surface area contributed by atoms with Gasteiger partial charge in [-0.1, -0.05) is 12.0 Å². The summed E-state index contributed by atoms with van der Waals surface area (Å²) in [5.41, 5.74) is -0.0256. The van der Waals surface area contributed by atoms with E-state index in [1.54, 1.807) is 6.92 Å². The number of halogens is 2. The van der Waals surface area contributed by atoms with E-state index in [1.807, 2.05) is 0 Å². The number of amides is 1. The highest BCUT2D eigenvalue weighted by Crippen LogP contribution is 2.32. The van der Waals surface area contributed by atoms with Crippen molar-refractivity contribution in [3.8, 4) is 5.75 Å². The normalized spacial score (nSPS) is 11.6. The van der Waals surface area contributed by atoms with Gasteiger partial charge in [-0.05, 0) is 42.0 Å². The minimum atomic E-state index is -3.92. The minimum Gasteiger partial charge on any atom is -0.433 e. The second-order valence-corrected chi connectivity index (χ2v) is 7.33. The lowest BCUT2D eigenvalue weighted by Gasteiger charge is -2.16. The molecular formula is C14H17F2N5O4S. The van der Waals surface area contributed by atoms with Crippen LogP contribution in [-0.4, -0.2) is 46.9 Å². The maximum Gasteiger partial charge on any atom is 0.387 e. The molecular weight excluding hydrogens is 372 g/mol. The number of ether oxygens (including phenoxy) is 1. The molecule has 1 amide bonds. The van der Waals surface area contributed by atoms with Crippen molar-refractivity contribution < 1.29 is 26.7 Å². The highest BCUT2D eigenvalue weighted by molar-refractivity contribution is 7.91. The molecule has 142 valence electrons. The topological polar surface area (TPSA) is 116 Å². The van der Waals surface area contributed by atoms with Gasteiger partial charge in [-0.2, -0.15) is 8.78 Å². The molecule has 0 radical (unpaired) electrons. The number of alkyl halides is 2. The third-order valence-electron chi connectivity index (χ3n) is 3.58. The van der Waals surface area contributed by atoms with Crippen LogP contribution in [0.25, 0.3) is 0 Å². The van der Waals surface area contributed by atoms with Gasteiger partial charge >= 0.3 is 6.61 Å². The summed E-state index contributed by atoms with van der Waals surface area (Å²) in [6.45, 7) is 1.67. The smallest absolute Gasteiger partial charge is 0.387 e. The molecule has 26 heavy (non-hydrogen) atoms. The number of carbonyl (C=O) groups excluding carboxylic acids is 1. The van der Waals surface area contributed by atoms with Gasteiger partial charge in [0, 0.05) is 12.1 Å². The van der Waals surface area contributed by atoms with Crippen LogP contribution in [0.2, 0.25) is 0 Å². The number of rotatable bonds is 7. The lowest BCUT2D eigenvalue weighted by atomic mass is 10.1. The van der Waals surface area contributed by atoms with Gasteiger partial charge in [0.05, 0.1) is 5.75 Å². The molecule has 0 aliphatic carbocycles. The molecule has 9 nitrogen and oxygen atoms in total. The van der Waals surface area contributed by atoms with Gasteiger partial charge < -0.3 is 4.74 Å². The van der Waals surface area contributed by atoms with Crippen LogP contribution in [0.5, 0.6) is 5.75 Å². The summed E-state index contributed by atoms with van der Waals surface area (Å²) in [6.07, 6.45) is 0. The van der Waals surface area contributed by atoms with E-state index in [2.05, 4.69) is 25.6 Å². The van der Waals surface area contributed by atoms with Crippen LogP contribution in [0.1, 0.15) is 29.8 Å². The fourth-order valence-electron chi connectivity index (χ4n) is 2.31. The molecule has 0 atom stereocenters. The fraction of sp³-hybridized carbons (Fsp3) is 0.429. The predicted octanol–water partition coefficient (Wildman–Crippen LogP) is 1.65. The van der Waals surface area contributed by atoms with Crippen molar-refractivity contribution in [3.63, 3.8) is 0 Å². The van der Waals surface area contributed by atoms with Crippen molar-refractivity contribution in [2.75, 3.05) is 11.1 Å². The van der Waals surface area contributed by atoms with Crippen molar-refractivity contribution >= 4 is 21.7 Å². The number of aryl methyl sites for hydroxylation is 1. The monoisotopic (exact) mass is 389 g/mol. The number of nitrogens with one attached hydrogen (secondary N) is 1. The lowest BCUT2D eigenvalue weighted by Crippen LogP contribution is -2.19. The van der Waals surface area contributed by atoms with Crippen molar-refractivity contribution in [2.45, 2.75) is 38.8 Å². The van der Waals surface area contributed by atoms with Crippen LogP contribution in [0, 0.1) is 6.92 Å². The summed E-state index contributed by atoms with van der Waals surface area (Å²) < 4.78 is 55.5. The number of aromatic nitrogens is 4. The molecule has 2 rings (SSSR count). The molecule has 0 unspecified atom stereocenters. The van der Waals surface area contributed by atoms with Gasteiger partial charge in [-0.25, -0.2) is 13.1 Å². The molecule has 0 aliphatic rings. The Bertz CT molecular complexity index is 914. The number of tetrazole rings is 1. The molecule has 1 aromatic heterocycles. The second-order valence-electron chi connectivity index (χ2n) is 5.12. The van der Waals surface area contributed by atoms with E-state index >= 15 is 0 Å². The first-order valence-corrected chi connectivity index (χ1v) is 9.25. The van der Waals surface area contributed by atoms with Crippen LogP contribution >= 0.6 is 0 Å². The summed E-state index contributed by atoms with van der Waals surface area (Å²) in [6, 6.07) is 2.23. The largest absolute Gasteiger partial charge is 0.433 e. The van der Waals surface area contributed by atoms with E-state index < -0.39 is 33.0 Å². The van der Waals surface area contributed by atoms with Crippen LogP contribution in [0.4, 0.5) is 14.7 Å². The number of anilines is 1. The maximum absolute atomic E-state index is 12.6. The Balaban J connectivity index is 2.50.